The molecule has 1 atom stereocenters. The van der Waals surface area contributed by atoms with Crippen LogP contribution in [0.3, 0.4) is 0 Å². The Labute approximate surface area is 84.4 Å². The van der Waals surface area contributed by atoms with E-state index in [4.69, 9.17) is 0 Å². The average molecular weight is 198 g/mol. The van der Waals surface area contributed by atoms with Gasteiger partial charge in [0.2, 0.25) is 0 Å². The van der Waals surface area contributed by atoms with Crippen molar-refractivity contribution in [2.75, 3.05) is 6.61 Å². The summed E-state index contributed by atoms with van der Waals surface area (Å²) in [5.41, 5.74) is 0.0829. The molecular weight excluding hydrogens is 180 g/mol. The third kappa shape index (κ3) is 3.12. The van der Waals surface area contributed by atoms with Crippen molar-refractivity contribution in [3.8, 4) is 0 Å². The molecule has 0 fully saturated rings. The van der Waals surface area contributed by atoms with Crippen LogP contribution in [0.25, 0.3) is 0 Å². The van der Waals surface area contributed by atoms with Crippen LogP contribution < -0.4 is 0 Å². The normalized spacial score (nSPS) is 15.6. The molecule has 0 radical (unpaired) electrons. The van der Waals surface area contributed by atoms with Crippen molar-refractivity contribution in [3.63, 3.8) is 0 Å². The third-order valence-corrected chi connectivity index (χ3v) is 3.29. The second-order valence-corrected chi connectivity index (χ2v) is 5.01. The Morgan fingerprint density at radius 1 is 1.54 bits per heavy atom. The Morgan fingerprint density at radius 2 is 2.31 bits per heavy atom. The van der Waals surface area contributed by atoms with Gasteiger partial charge in [0, 0.05) is 11.5 Å². The summed E-state index contributed by atoms with van der Waals surface area (Å²) in [5, 5.41) is 11.4. The molecule has 1 rings (SSSR count). The summed E-state index contributed by atoms with van der Waals surface area (Å²) >= 11 is 1.78. The molecule has 0 aromatic carbocycles. The second-order valence-electron chi connectivity index (χ2n) is 3.97. The summed E-state index contributed by atoms with van der Waals surface area (Å²) in [6, 6.07) is 4.22. The highest BCUT2D eigenvalue weighted by molar-refractivity contribution is 7.09. The lowest BCUT2D eigenvalue weighted by Crippen LogP contribution is -2.23. The standard InChI is InChI=1S/C11H18OS/c1-3-6-11(2,9-12)8-10-5-4-7-13-10/h4-5,7,12H,3,6,8-9H2,1-2H3. The van der Waals surface area contributed by atoms with E-state index in [2.05, 4.69) is 31.4 Å². The van der Waals surface area contributed by atoms with Gasteiger partial charge in [-0.3, -0.25) is 0 Å². The molecule has 0 saturated carbocycles. The van der Waals surface area contributed by atoms with Crippen molar-refractivity contribution >= 4 is 11.3 Å². The summed E-state index contributed by atoms with van der Waals surface area (Å²) in [6.07, 6.45) is 3.25. The molecule has 1 unspecified atom stereocenters. The molecule has 0 aliphatic heterocycles. The first kappa shape index (κ1) is 10.7. The first-order valence-electron chi connectivity index (χ1n) is 4.83. The Morgan fingerprint density at radius 3 is 2.77 bits per heavy atom. The van der Waals surface area contributed by atoms with Gasteiger partial charge in [0.05, 0.1) is 0 Å². The molecule has 1 heterocycles. The van der Waals surface area contributed by atoms with Crippen molar-refractivity contribution in [2.24, 2.45) is 5.41 Å². The van der Waals surface area contributed by atoms with E-state index in [0.29, 0.717) is 6.61 Å². The molecule has 1 aromatic heterocycles. The van der Waals surface area contributed by atoms with Crippen LogP contribution in [-0.2, 0) is 6.42 Å². The number of rotatable bonds is 5. The van der Waals surface area contributed by atoms with Gasteiger partial charge in [-0.2, -0.15) is 0 Å². The predicted molar refractivity (Wildman–Crippen MR) is 58.1 cm³/mol. The molecule has 13 heavy (non-hydrogen) atoms. The summed E-state index contributed by atoms with van der Waals surface area (Å²) in [5.74, 6) is 0. The van der Waals surface area contributed by atoms with E-state index in [9.17, 15) is 5.11 Å². The molecule has 0 bridgehead atoms. The van der Waals surface area contributed by atoms with Gasteiger partial charge in [-0.1, -0.05) is 26.3 Å². The van der Waals surface area contributed by atoms with Gasteiger partial charge >= 0.3 is 0 Å². The molecule has 0 saturated heterocycles. The van der Waals surface area contributed by atoms with Gasteiger partial charge in [0.15, 0.2) is 0 Å². The topological polar surface area (TPSA) is 20.2 Å². The third-order valence-electron chi connectivity index (χ3n) is 2.42. The highest BCUT2D eigenvalue weighted by Gasteiger charge is 2.22. The quantitative estimate of drug-likeness (QED) is 0.771. The van der Waals surface area contributed by atoms with Crippen molar-refractivity contribution < 1.29 is 5.11 Å². The van der Waals surface area contributed by atoms with E-state index in [1.54, 1.807) is 11.3 Å². The van der Waals surface area contributed by atoms with Crippen LogP contribution in [0.1, 0.15) is 31.6 Å². The van der Waals surface area contributed by atoms with Crippen LogP contribution in [0.4, 0.5) is 0 Å². The van der Waals surface area contributed by atoms with Crippen molar-refractivity contribution in [2.45, 2.75) is 33.1 Å². The fraction of sp³-hybridized carbons (Fsp3) is 0.636. The monoisotopic (exact) mass is 198 g/mol. The number of aliphatic hydroxyl groups is 1. The molecule has 74 valence electrons. The van der Waals surface area contributed by atoms with Crippen LogP contribution in [0.15, 0.2) is 17.5 Å². The fourth-order valence-electron chi connectivity index (χ4n) is 1.66. The molecule has 0 aliphatic carbocycles. The molecular formula is C11H18OS. The number of thiophene rings is 1. The zero-order valence-electron chi connectivity index (χ0n) is 8.42. The molecule has 0 spiro atoms. The van der Waals surface area contributed by atoms with Crippen LogP contribution in [-0.4, -0.2) is 11.7 Å². The lowest BCUT2D eigenvalue weighted by molar-refractivity contribution is 0.132. The van der Waals surface area contributed by atoms with Crippen LogP contribution in [0.2, 0.25) is 0 Å². The van der Waals surface area contributed by atoms with Gasteiger partial charge in [0.1, 0.15) is 0 Å². The fourth-order valence-corrected chi connectivity index (χ4v) is 2.58. The maximum absolute atomic E-state index is 9.32. The zero-order chi connectivity index (χ0) is 9.73. The van der Waals surface area contributed by atoms with Gasteiger partial charge in [-0.15, -0.1) is 11.3 Å². The Balaban J connectivity index is 2.58. The Kier molecular flexibility index (Phi) is 3.94. The smallest absolute Gasteiger partial charge is 0.0488 e. The minimum atomic E-state index is 0.0829. The molecule has 1 aromatic rings. The first-order chi connectivity index (χ1) is 6.20. The van der Waals surface area contributed by atoms with Crippen LogP contribution in [0, 0.1) is 5.41 Å². The number of hydrogen-bond acceptors (Lipinski definition) is 2. The largest absolute Gasteiger partial charge is 0.396 e. The van der Waals surface area contributed by atoms with Crippen molar-refractivity contribution in [1.82, 2.24) is 0 Å². The minimum absolute atomic E-state index is 0.0829. The van der Waals surface area contributed by atoms with Crippen molar-refractivity contribution in [1.29, 1.82) is 0 Å². The molecule has 1 nitrogen and oxygen atoms in total. The first-order valence-corrected chi connectivity index (χ1v) is 5.71. The molecule has 0 aliphatic rings. The van der Waals surface area contributed by atoms with Gasteiger partial charge in [-0.05, 0) is 29.7 Å². The lowest BCUT2D eigenvalue weighted by atomic mass is 9.83. The maximum Gasteiger partial charge on any atom is 0.0488 e. The SMILES string of the molecule is CCCC(C)(CO)Cc1cccs1. The lowest BCUT2D eigenvalue weighted by Gasteiger charge is -2.26. The summed E-state index contributed by atoms with van der Waals surface area (Å²) in [7, 11) is 0. The van der Waals surface area contributed by atoms with E-state index in [-0.39, 0.29) is 5.41 Å². The zero-order valence-corrected chi connectivity index (χ0v) is 9.23. The highest BCUT2D eigenvalue weighted by atomic mass is 32.1. The van der Waals surface area contributed by atoms with Crippen LogP contribution in [0.5, 0.6) is 0 Å². The summed E-state index contributed by atoms with van der Waals surface area (Å²) in [6.45, 7) is 4.62. The summed E-state index contributed by atoms with van der Waals surface area (Å²) in [4.78, 5) is 1.38. The maximum atomic E-state index is 9.32. The van der Waals surface area contributed by atoms with Crippen LogP contribution >= 0.6 is 11.3 Å². The van der Waals surface area contributed by atoms with Gasteiger partial charge < -0.3 is 5.11 Å². The Hall–Kier alpha value is -0.340. The highest BCUT2D eigenvalue weighted by Crippen LogP contribution is 2.29. The Bertz CT molecular complexity index is 230. The number of aliphatic hydroxyl groups excluding tert-OH is 1. The van der Waals surface area contributed by atoms with Gasteiger partial charge in [-0.25, -0.2) is 0 Å². The minimum Gasteiger partial charge on any atom is -0.396 e. The van der Waals surface area contributed by atoms with Gasteiger partial charge in [0.25, 0.3) is 0 Å². The van der Waals surface area contributed by atoms with E-state index >= 15 is 0 Å². The molecule has 0 amide bonds. The van der Waals surface area contributed by atoms with E-state index in [0.717, 1.165) is 19.3 Å². The molecule has 2 heteroatoms. The van der Waals surface area contributed by atoms with E-state index in [1.165, 1.54) is 4.88 Å². The van der Waals surface area contributed by atoms with E-state index in [1.807, 2.05) is 0 Å². The number of hydrogen-bond donors (Lipinski definition) is 1. The van der Waals surface area contributed by atoms with Crippen molar-refractivity contribution in [3.05, 3.63) is 22.4 Å². The second kappa shape index (κ2) is 4.77. The van der Waals surface area contributed by atoms with E-state index < -0.39 is 0 Å². The molecule has 1 N–H and O–H groups in total. The average Bonchev–Trinajstić information content (AvgIpc) is 2.57. The predicted octanol–water partition coefficient (Wildman–Crippen LogP) is 3.09. The summed E-state index contributed by atoms with van der Waals surface area (Å²) < 4.78 is 0.